The lowest BCUT2D eigenvalue weighted by molar-refractivity contribution is -0.130. The normalized spacial score (nSPS) is 27.7. The van der Waals surface area contributed by atoms with E-state index in [2.05, 4.69) is 16.0 Å². The Bertz CT molecular complexity index is 309. The van der Waals surface area contributed by atoms with Gasteiger partial charge in [0.05, 0.1) is 19.1 Å². The lowest BCUT2D eigenvalue weighted by Gasteiger charge is -2.24. The van der Waals surface area contributed by atoms with Crippen LogP contribution in [0.5, 0.6) is 0 Å². The summed E-state index contributed by atoms with van der Waals surface area (Å²) >= 11 is 0. The summed E-state index contributed by atoms with van der Waals surface area (Å²) in [6.07, 6.45) is 2.91. The van der Waals surface area contributed by atoms with Crippen LogP contribution in [0.4, 0.5) is 0 Å². The second kappa shape index (κ2) is 8.35. The molecular formula is C12H22ClN3O3. The second-order valence-electron chi connectivity index (χ2n) is 4.81. The quantitative estimate of drug-likeness (QED) is 0.659. The van der Waals surface area contributed by atoms with Crippen molar-refractivity contribution in [1.82, 2.24) is 16.0 Å². The Balaban J connectivity index is 0.00000180. The number of morpholine rings is 1. The molecule has 2 saturated heterocycles. The summed E-state index contributed by atoms with van der Waals surface area (Å²) in [6, 6.07) is -0.378. The number of nitrogens with one attached hydrogen (secondary N) is 3. The number of halogens is 1. The van der Waals surface area contributed by atoms with E-state index >= 15 is 0 Å². The largest absolute Gasteiger partial charge is 0.375 e. The molecule has 0 aromatic heterocycles. The zero-order valence-electron chi connectivity index (χ0n) is 10.9. The summed E-state index contributed by atoms with van der Waals surface area (Å²) in [4.78, 5) is 23.5. The molecule has 0 spiro atoms. The molecule has 2 unspecified atom stereocenters. The van der Waals surface area contributed by atoms with Gasteiger partial charge in [-0.1, -0.05) is 0 Å². The Morgan fingerprint density at radius 1 is 1.37 bits per heavy atom. The molecule has 0 radical (unpaired) electrons. The highest BCUT2D eigenvalue weighted by atomic mass is 35.5. The predicted molar refractivity (Wildman–Crippen MR) is 73.3 cm³/mol. The Morgan fingerprint density at radius 2 is 2.21 bits per heavy atom. The second-order valence-corrected chi connectivity index (χ2v) is 4.81. The summed E-state index contributed by atoms with van der Waals surface area (Å²) in [5.41, 5.74) is 0. The molecule has 0 bridgehead atoms. The fourth-order valence-corrected chi connectivity index (χ4v) is 2.29. The van der Waals surface area contributed by atoms with Crippen molar-refractivity contribution >= 4 is 24.2 Å². The van der Waals surface area contributed by atoms with Crippen LogP contribution in [0.2, 0.25) is 0 Å². The van der Waals surface area contributed by atoms with E-state index in [0.717, 1.165) is 25.8 Å². The minimum atomic E-state index is -0.378. The van der Waals surface area contributed by atoms with Crippen LogP contribution >= 0.6 is 12.4 Å². The highest BCUT2D eigenvalue weighted by Gasteiger charge is 2.24. The van der Waals surface area contributed by atoms with Crippen LogP contribution in [0.25, 0.3) is 0 Å². The van der Waals surface area contributed by atoms with Gasteiger partial charge in [0.15, 0.2) is 0 Å². The molecule has 0 saturated carbocycles. The van der Waals surface area contributed by atoms with E-state index in [9.17, 15) is 9.59 Å². The molecular weight excluding hydrogens is 270 g/mol. The minimum absolute atomic E-state index is 0. The SMILES string of the molecule is Cl.O=C(CC1CNCCO1)NC1CCCCNC1=O. The molecule has 2 atom stereocenters. The van der Waals surface area contributed by atoms with Gasteiger partial charge in [0, 0.05) is 19.6 Å². The topological polar surface area (TPSA) is 79.5 Å². The van der Waals surface area contributed by atoms with E-state index in [1.165, 1.54) is 0 Å². The number of carbonyl (C=O) groups excluding carboxylic acids is 2. The standard InChI is InChI=1S/C12H21N3O3.ClH/c16-11(7-9-8-13-5-6-18-9)15-10-3-1-2-4-14-12(10)17;/h9-10,13H,1-8H2,(H,14,17)(H,15,16);1H. The van der Waals surface area contributed by atoms with Gasteiger partial charge in [0.1, 0.15) is 6.04 Å². The van der Waals surface area contributed by atoms with Crippen LogP contribution in [0, 0.1) is 0 Å². The molecule has 3 N–H and O–H groups in total. The molecule has 2 fully saturated rings. The van der Waals surface area contributed by atoms with Crippen molar-refractivity contribution in [3.8, 4) is 0 Å². The maximum Gasteiger partial charge on any atom is 0.242 e. The number of hydrogen-bond donors (Lipinski definition) is 3. The molecule has 0 aromatic rings. The molecule has 0 aliphatic carbocycles. The van der Waals surface area contributed by atoms with Gasteiger partial charge in [-0.25, -0.2) is 0 Å². The van der Waals surface area contributed by atoms with E-state index in [1.807, 2.05) is 0 Å². The molecule has 2 amide bonds. The van der Waals surface area contributed by atoms with Crippen molar-refractivity contribution < 1.29 is 14.3 Å². The maximum atomic E-state index is 11.8. The van der Waals surface area contributed by atoms with Crippen LogP contribution in [-0.2, 0) is 14.3 Å². The first-order chi connectivity index (χ1) is 8.75. The number of carbonyl (C=O) groups is 2. The fraction of sp³-hybridized carbons (Fsp3) is 0.833. The smallest absolute Gasteiger partial charge is 0.242 e. The highest BCUT2D eigenvalue weighted by Crippen LogP contribution is 2.07. The Morgan fingerprint density at radius 3 is 2.95 bits per heavy atom. The van der Waals surface area contributed by atoms with Gasteiger partial charge in [-0.2, -0.15) is 0 Å². The highest BCUT2D eigenvalue weighted by molar-refractivity contribution is 5.87. The van der Waals surface area contributed by atoms with Gasteiger partial charge in [-0.15, -0.1) is 12.4 Å². The van der Waals surface area contributed by atoms with Crippen molar-refractivity contribution in [2.24, 2.45) is 0 Å². The molecule has 2 heterocycles. The van der Waals surface area contributed by atoms with Gasteiger partial charge >= 0.3 is 0 Å². The van der Waals surface area contributed by atoms with Gasteiger partial charge in [-0.3, -0.25) is 9.59 Å². The third-order valence-corrected chi connectivity index (χ3v) is 3.29. The first kappa shape index (κ1) is 16.2. The van der Waals surface area contributed by atoms with Gasteiger partial charge in [-0.05, 0) is 19.3 Å². The van der Waals surface area contributed by atoms with Crippen molar-refractivity contribution in [2.45, 2.75) is 37.8 Å². The molecule has 2 aliphatic rings. The van der Waals surface area contributed by atoms with Crippen LogP contribution in [0.3, 0.4) is 0 Å². The number of rotatable bonds is 3. The molecule has 2 aliphatic heterocycles. The summed E-state index contributed by atoms with van der Waals surface area (Å²) in [5.74, 6) is -0.172. The van der Waals surface area contributed by atoms with E-state index < -0.39 is 0 Å². The van der Waals surface area contributed by atoms with Gasteiger partial charge in [0.2, 0.25) is 11.8 Å². The Hall–Kier alpha value is -0.850. The van der Waals surface area contributed by atoms with Gasteiger partial charge in [0.25, 0.3) is 0 Å². The molecule has 7 heteroatoms. The monoisotopic (exact) mass is 291 g/mol. The van der Waals surface area contributed by atoms with E-state index in [1.54, 1.807) is 0 Å². The molecule has 110 valence electrons. The average molecular weight is 292 g/mol. The van der Waals surface area contributed by atoms with Crippen LogP contribution < -0.4 is 16.0 Å². The molecule has 19 heavy (non-hydrogen) atoms. The van der Waals surface area contributed by atoms with Crippen molar-refractivity contribution in [3.05, 3.63) is 0 Å². The van der Waals surface area contributed by atoms with Crippen LogP contribution in [0.1, 0.15) is 25.7 Å². The number of amides is 2. The zero-order valence-corrected chi connectivity index (χ0v) is 11.8. The Kier molecular flexibility index (Phi) is 7.12. The lowest BCUT2D eigenvalue weighted by atomic mass is 10.1. The summed E-state index contributed by atoms with van der Waals surface area (Å²) in [7, 11) is 0. The van der Waals surface area contributed by atoms with E-state index in [-0.39, 0.29) is 36.4 Å². The van der Waals surface area contributed by atoms with Crippen molar-refractivity contribution in [3.63, 3.8) is 0 Å². The zero-order chi connectivity index (χ0) is 12.8. The van der Waals surface area contributed by atoms with Gasteiger partial charge < -0.3 is 20.7 Å². The average Bonchev–Trinajstić information content (AvgIpc) is 2.56. The van der Waals surface area contributed by atoms with Crippen LogP contribution in [-0.4, -0.2) is 50.2 Å². The van der Waals surface area contributed by atoms with E-state index in [0.29, 0.717) is 26.1 Å². The summed E-state index contributed by atoms with van der Waals surface area (Å²) in [5, 5.41) is 8.78. The van der Waals surface area contributed by atoms with E-state index in [4.69, 9.17) is 4.74 Å². The van der Waals surface area contributed by atoms with Crippen LogP contribution in [0.15, 0.2) is 0 Å². The molecule has 6 nitrogen and oxygen atoms in total. The maximum absolute atomic E-state index is 11.8. The molecule has 0 aromatic carbocycles. The first-order valence-corrected chi connectivity index (χ1v) is 6.65. The summed E-state index contributed by atoms with van der Waals surface area (Å²) in [6.45, 7) is 2.89. The first-order valence-electron chi connectivity index (χ1n) is 6.65. The van der Waals surface area contributed by atoms with Crippen molar-refractivity contribution in [2.75, 3.05) is 26.2 Å². The lowest BCUT2D eigenvalue weighted by Crippen LogP contribution is -2.47. The summed E-state index contributed by atoms with van der Waals surface area (Å²) < 4.78 is 5.47. The van der Waals surface area contributed by atoms with Crippen molar-refractivity contribution in [1.29, 1.82) is 0 Å². The number of hydrogen-bond acceptors (Lipinski definition) is 4. The predicted octanol–water partition coefficient (Wildman–Crippen LogP) is -0.428. The Labute approximate surface area is 119 Å². The molecule has 2 rings (SSSR count). The fourth-order valence-electron chi connectivity index (χ4n) is 2.29. The minimum Gasteiger partial charge on any atom is -0.375 e. The third-order valence-electron chi connectivity index (χ3n) is 3.29. The third kappa shape index (κ3) is 5.34. The number of ether oxygens (including phenoxy) is 1.